The zero-order valence-corrected chi connectivity index (χ0v) is 8.16. The zero-order valence-electron chi connectivity index (χ0n) is 8.16. The quantitative estimate of drug-likeness (QED) is 0.690. The van der Waals surface area contributed by atoms with Crippen LogP contribution in [0.5, 0.6) is 5.88 Å². The second kappa shape index (κ2) is 3.61. The lowest BCUT2D eigenvalue weighted by Crippen LogP contribution is -2.01. The summed E-state index contributed by atoms with van der Waals surface area (Å²) in [5.74, 6) is 1.37. The van der Waals surface area contributed by atoms with Crippen molar-refractivity contribution < 1.29 is 4.74 Å². The molecular weight excluding hydrogens is 152 g/mol. The molecule has 0 unspecified atom stereocenters. The van der Waals surface area contributed by atoms with Gasteiger partial charge in [-0.3, -0.25) is 0 Å². The van der Waals surface area contributed by atoms with Crippen LogP contribution >= 0.6 is 0 Å². The van der Waals surface area contributed by atoms with Crippen molar-refractivity contribution in [3.8, 4) is 5.88 Å². The summed E-state index contributed by atoms with van der Waals surface area (Å²) in [6.07, 6.45) is 1.88. The van der Waals surface area contributed by atoms with Crippen molar-refractivity contribution in [2.24, 2.45) is 0 Å². The minimum absolute atomic E-state index is 0.472. The lowest BCUT2D eigenvalue weighted by Gasteiger charge is -2.07. The Labute approximate surface area is 73.3 Å². The van der Waals surface area contributed by atoms with Crippen molar-refractivity contribution in [2.45, 2.75) is 33.2 Å². The number of aryl methyl sites for hydroxylation is 1. The van der Waals surface area contributed by atoms with E-state index in [1.165, 1.54) is 5.56 Å². The van der Waals surface area contributed by atoms with E-state index in [0.717, 1.165) is 12.4 Å². The number of hydrogen-bond acceptors (Lipinski definition) is 2. The second-order valence-corrected chi connectivity index (χ2v) is 3.08. The van der Waals surface area contributed by atoms with Gasteiger partial charge >= 0.3 is 0 Å². The highest BCUT2D eigenvalue weighted by Crippen LogP contribution is 2.25. The number of methoxy groups -OCH3 is 1. The first kappa shape index (κ1) is 9.10. The van der Waals surface area contributed by atoms with Crippen LogP contribution < -0.4 is 4.74 Å². The van der Waals surface area contributed by atoms with Crippen molar-refractivity contribution in [3.63, 3.8) is 0 Å². The summed E-state index contributed by atoms with van der Waals surface area (Å²) in [4.78, 5) is 0. The Morgan fingerprint density at radius 2 is 2.25 bits per heavy atom. The molecule has 0 fully saturated rings. The normalized spacial score (nSPS) is 10.8. The Kier molecular flexibility index (Phi) is 2.74. The number of aromatic nitrogens is 2. The Balaban J connectivity index is 3.05. The molecule has 12 heavy (non-hydrogen) atoms. The third-order valence-corrected chi connectivity index (χ3v) is 1.93. The highest BCUT2D eigenvalue weighted by molar-refractivity contribution is 5.27. The molecule has 68 valence electrons. The fourth-order valence-corrected chi connectivity index (χ4v) is 1.23. The monoisotopic (exact) mass is 168 g/mol. The maximum absolute atomic E-state index is 5.27. The molecule has 0 amide bonds. The van der Waals surface area contributed by atoms with Gasteiger partial charge in [0, 0.05) is 12.1 Å². The van der Waals surface area contributed by atoms with E-state index in [4.69, 9.17) is 4.74 Å². The third kappa shape index (κ3) is 1.44. The molecule has 0 aliphatic carbocycles. The van der Waals surface area contributed by atoms with Crippen molar-refractivity contribution >= 4 is 0 Å². The van der Waals surface area contributed by atoms with Gasteiger partial charge in [0.15, 0.2) is 0 Å². The summed E-state index contributed by atoms with van der Waals surface area (Å²) in [6, 6.07) is 0. The van der Waals surface area contributed by atoms with Gasteiger partial charge in [0.1, 0.15) is 0 Å². The third-order valence-electron chi connectivity index (χ3n) is 1.93. The standard InChI is InChI=1S/C9H16N2O/c1-5-11-9(12-4)8(6-10-11)7(2)3/h6-7H,5H2,1-4H3. The fourth-order valence-electron chi connectivity index (χ4n) is 1.23. The average molecular weight is 168 g/mol. The number of rotatable bonds is 3. The summed E-state index contributed by atoms with van der Waals surface area (Å²) in [5, 5.41) is 4.22. The number of hydrogen-bond donors (Lipinski definition) is 0. The van der Waals surface area contributed by atoms with Crippen molar-refractivity contribution in [2.75, 3.05) is 7.11 Å². The van der Waals surface area contributed by atoms with Crippen LogP contribution in [0.3, 0.4) is 0 Å². The van der Waals surface area contributed by atoms with Crippen LogP contribution in [0.15, 0.2) is 6.20 Å². The predicted molar refractivity (Wildman–Crippen MR) is 48.5 cm³/mol. The van der Waals surface area contributed by atoms with Gasteiger partial charge in [-0.25, -0.2) is 4.68 Å². The molecule has 0 atom stereocenters. The van der Waals surface area contributed by atoms with Gasteiger partial charge in [0.2, 0.25) is 5.88 Å². The Bertz CT molecular complexity index is 253. The maximum Gasteiger partial charge on any atom is 0.214 e. The molecule has 1 heterocycles. The molecule has 0 saturated heterocycles. The topological polar surface area (TPSA) is 27.1 Å². The molecule has 0 aromatic carbocycles. The van der Waals surface area contributed by atoms with Crippen LogP contribution in [0.4, 0.5) is 0 Å². The molecule has 3 heteroatoms. The van der Waals surface area contributed by atoms with Crippen LogP contribution in [0.1, 0.15) is 32.3 Å². The lowest BCUT2D eigenvalue weighted by molar-refractivity contribution is 0.358. The van der Waals surface area contributed by atoms with E-state index in [1.54, 1.807) is 7.11 Å². The van der Waals surface area contributed by atoms with Gasteiger partial charge in [0.25, 0.3) is 0 Å². The molecule has 0 radical (unpaired) electrons. The summed E-state index contributed by atoms with van der Waals surface area (Å²) in [7, 11) is 1.69. The summed E-state index contributed by atoms with van der Waals surface area (Å²) < 4.78 is 7.14. The first-order chi connectivity index (χ1) is 5.70. The second-order valence-electron chi connectivity index (χ2n) is 3.08. The maximum atomic E-state index is 5.27. The molecule has 0 aliphatic rings. The van der Waals surface area contributed by atoms with E-state index in [0.29, 0.717) is 5.92 Å². The van der Waals surface area contributed by atoms with Gasteiger partial charge in [-0.2, -0.15) is 5.10 Å². The van der Waals surface area contributed by atoms with Crippen molar-refractivity contribution in [1.29, 1.82) is 0 Å². The van der Waals surface area contributed by atoms with Crippen molar-refractivity contribution in [3.05, 3.63) is 11.8 Å². The van der Waals surface area contributed by atoms with E-state index in [9.17, 15) is 0 Å². The summed E-state index contributed by atoms with van der Waals surface area (Å²) in [5.41, 5.74) is 1.18. The fraction of sp³-hybridized carbons (Fsp3) is 0.667. The Morgan fingerprint density at radius 1 is 1.58 bits per heavy atom. The molecule has 0 aliphatic heterocycles. The first-order valence-electron chi connectivity index (χ1n) is 4.30. The molecule has 0 N–H and O–H groups in total. The first-order valence-corrected chi connectivity index (χ1v) is 4.30. The number of ether oxygens (including phenoxy) is 1. The molecule has 3 nitrogen and oxygen atoms in total. The highest BCUT2D eigenvalue weighted by atomic mass is 16.5. The van der Waals surface area contributed by atoms with E-state index < -0.39 is 0 Å². The van der Waals surface area contributed by atoms with Crippen LogP contribution in [0.2, 0.25) is 0 Å². The highest BCUT2D eigenvalue weighted by Gasteiger charge is 2.12. The van der Waals surface area contributed by atoms with E-state index in [2.05, 4.69) is 25.9 Å². The zero-order chi connectivity index (χ0) is 9.14. The molecular formula is C9H16N2O. The van der Waals surface area contributed by atoms with Gasteiger partial charge in [-0.05, 0) is 12.8 Å². The largest absolute Gasteiger partial charge is 0.481 e. The van der Waals surface area contributed by atoms with Gasteiger partial charge < -0.3 is 4.74 Å². The minimum atomic E-state index is 0.472. The van der Waals surface area contributed by atoms with E-state index >= 15 is 0 Å². The minimum Gasteiger partial charge on any atom is -0.481 e. The van der Waals surface area contributed by atoms with Crippen molar-refractivity contribution in [1.82, 2.24) is 9.78 Å². The molecule has 0 saturated carbocycles. The van der Waals surface area contributed by atoms with Crippen LogP contribution in [0.25, 0.3) is 0 Å². The van der Waals surface area contributed by atoms with E-state index in [-0.39, 0.29) is 0 Å². The number of nitrogens with zero attached hydrogens (tertiary/aromatic N) is 2. The Hall–Kier alpha value is -0.990. The molecule has 1 aromatic heterocycles. The summed E-state index contributed by atoms with van der Waals surface area (Å²) >= 11 is 0. The molecule has 1 rings (SSSR count). The SMILES string of the molecule is CCn1ncc(C(C)C)c1OC. The van der Waals surface area contributed by atoms with Gasteiger partial charge in [-0.1, -0.05) is 13.8 Å². The summed E-state index contributed by atoms with van der Waals surface area (Å²) in [6.45, 7) is 7.19. The van der Waals surface area contributed by atoms with Gasteiger partial charge in [0.05, 0.1) is 13.3 Å². The average Bonchev–Trinajstić information content (AvgIpc) is 2.46. The van der Waals surface area contributed by atoms with Gasteiger partial charge in [-0.15, -0.1) is 0 Å². The van der Waals surface area contributed by atoms with Crippen LogP contribution in [-0.2, 0) is 6.54 Å². The predicted octanol–water partition coefficient (Wildman–Crippen LogP) is 2.04. The van der Waals surface area contributed by atoms with Crippen LogP contribution in [0, 0.1) is 0 Å². The molecule has 0 spiro atoms. The van der Waals surface area contributed by atoms with Crippen LogP contribution in [-0.4, -0.2) is 16.9 Å². The Morgan fingerprint density at radius 3 is 2.67 bits per heavy atom. The smallest absolute Gasteiger partial charge is 0.214 e. The van der Waals surface area contributed by atoms with E-state index in [1.807, 2.05) is 10.9 Å². The molecule has 1 aromatic rings. The molecule has 0 bridgehead atoms. The lowest BCUT2D eigenvalue weighted by atomic mass is 10.1.